The quantitative estimate of drug-likeness (QED) is 0.850. The van der Waals surface area contributed by atoms with Crippen LogP contribution in [-0.2, 0) is 4.74 Å². The van der Waals surface area contributed by atoms with Crippen molar-refractivity contribution in [1.29, 1.82) is 0 Å². The normalized spacial score (nSPS) is 17.6. The molecular weight excluding hydrogens is 258 g/mol. The van der Waals surface area contributed by atoms with E-state index in [1.807, 2.05) is 0 Å². The maximum Gasteiger partial charge on any atom is 0.257 e. The topological polar surface area (TPSA) is 74.7 Å². The van der Waals surface area contributed by atoms with E-state index in [1.165, 1.54) is 0 Å². The summed E-state index contributed by atoms with van der Waals surface area (Å²) in [5, 5.41) is 13.4. The van der Waals surface area contributed by atoms with Gasteiger partial charge < -0.3 is 20.1 Å². The largest absolute Gasteiger partial charge is 0.388 e. The van der Waals surface area contributed by atoms with Crippen LogP contribution >= 0.6 is 0 Å². The first-order chi connectivity index (χ1) is 9.56. The van der Waals surface area contributed by atoms with Crippen molar-refractivity contribution in [2.45, 2.75) is 18.4 Å². The second-order valence-electron chi connectivity index (χ2n) is 5.15. The van der Waals surface area contributed by atoms with Crippen LogP contribution in [0.4, 0.5) is 5.82 Å². The molecule has 20 heavy (non-hydrogen) atoms. The van der Waals surface area contributed by atoms with E-state index < -0.39 is 5.60 Å². The second-order valence-corrected chi connectivity index (χ2v) is 5.15. The molecule has 2 N–H and O–H groups in total. The standard InChI is InChI=1S/C14H21N3O3/c1-15-12-11(4-3-7-16-12)13(18)17(2)10-14(19)5-8-20-9-6-14/h3-4,7,19H,5-6,8-10H2,1-2H3,(H,15,16). The molecule has 0 atom stereocenters. The molecule has 1 amide bonds. The Hall–Kier alpha value is -1.66. The molecule has 1 aromatic heterocycles. The van der Waals surface area contributed by atoms with E-state index in [-0.39, 0.29) is 5.91 Å². The van der Waals surface area contributed by atoms with Crippen LogP contribution in [0.5, 0.6) is 0 Å². The lowest BCUT2D eigenvalue weighted by molar-refractivity contribution is -0.0734. The van der Waals surface area contributed by atoms with E-state index in [4.69, 9.17) is 4.74 Å². The van der Waals surface area contributed by atoms with Gasteiger partial charge in [0.25, 0.3) is 5.91 Å². The zero-order chi connectivity index (χ0) is 14.6. The summed E-state index contributed by atoms with van der Waals surface area (Å²) in [6.07, 6.45) is 2.74. The van der Waals surface area contributed by atoms with E-state index in [1.54, 1.807) is 37.3 Å². The number of hydrogen-bond donors (Lipinski definition) is 2. The van der Waals surface area contributed by atoms with Crippen molar-refractivity contribution in [3.63, 3.8) is 0 Å². The zero-order valence-corrected chi connectivity index (χ0v) is 11.9. The average Bonchev–Trinajstić information content (AvgIpc) is 2.46. The van der Waals surface area contributed by atoms with Gasteiger partial charge in [0.2, 0.25) is 0 Å². The minimum absolute atomic E-state index is 0.151. The van der Waals surface area contributed by atoms with Crippen molar-refractivity contribution < 1.29 is 14.6 Å². The Bertz CT molecular complexity index is 472. The average molecular weight is 279 g/mol. The van der Waals surface area contributed by atoms with Crippen LogP contribution in [0.15, 0.2) is 18.3 Å². The van der Waals surface area contributed by atoms with Crippen LogP contribution in [0.1, 0.15) is 23.2 Å². The number of ether oxygens (including phenoxy) is 1. The molecule has 1 fully saturated rings. The molecule has 0 unspecified atom stereocenters. The van der Waals surface area contributed by atoms with Crippen molar-refractivity contribution >= 4 is 11.7 Å². The van der Waals surface area contributed by atoms with Crippen LogP contribution < -0.4 is 5.32 Å². The van der Waals surface area contributed by atoms with Gasteiger partial charge in [0.1, 0.15) is 5.82 Å². The maximum absolute atomic E-state index is 12.4. The second kappa shape index (κ2) is 6.19. The maximum atomic E-state index is 12.4. The number of aliphatic hydroxyl groups is 1. The van der Waals surface area contributed by atoms with Gasteiger partial charge in [0.15, 0.2) is 0 Å². The molecule has 0 radical (unpaired) electrons. The summed E-state index contributed by atoms with van der Waals surface area (Å²) in [4.78, 5) is 18.1. The molecule has 1 aliphatic rings. The molecule has 1 saturated heterocycles. The van der Waals surface area contributed by atoms with Crippen LogP contribution in [-0.4, -0.2) is 60.4 Å². The molecular formula is C14H21N3O3. The van der Waals surface area contributed by atoms with Gasteiger partial charge in [-0.25, -0.2) is 4.98 Å². The van der Waals surface area contributed by atoms with Crippen LogP contribution in [0.25, 0.3) is 0 Å². The molecule has 2 rings (SSSR count). The van der Waals surface area contributed by atoms with Gasteiger partial charge in [0.05, 0.1) is 11.2 Å². The van der Waals surface area contributed by atoms with Gasteiger partial charge in [-0.05, 0) is 12.1 Å². The fraction of sp³-hybridized carbons (Fsp3) is 0.571. The lowest BCUT2D eigenvalue weighted by Crippen LogP contribution is -2.47. The van der Waals surface area contributed by atoms with Gasteiger partial charge in [0, 0.05) is 52.9 Å². The highest BCUT2D eigenvalue weighted by molar-refractivity contribution is 5.98. The third-order valence-corrected chi connectivity index (χ3v) is 3.58. The number of carbonyl (C=O) groups excluding carboxylic acids is 1. The van der Waals surface area contributed by atoms with Crippen LogP contribution in [0.2, 0.25) is 0 Å². The van der Waals surface area contributed by atoms with Crippen molar-refractivity contribution in [3.8, 4) is 0 Å². The fourth-order valence-electron chi connectivity index (χ4n) is 2.41. The summed E-state index contributed by atoms with van der Waals surface area (Å²) in [7, 11) is 3.42. The number of nitrogens with zero attached hydrogens (tertiary/aromatic N) is 2. The van der Waals surface area contributed by atoms with E-state index in [2.05, 4.69) is 10.3 Å². The Balaban J connectivity index is 2.08. The van der Waals surface area contributed by atoms with Crippen molar-refractivity contribution in [1.82, 2.24) is 9.88 Å². The molecule has 6 nitrogen and oxygen atoms in total. The SMILES string of the molecule is CNc1ncccc1C(=O)N(C)CC1(O)CCOCC1. The molecule has 110 valence electrons. The van der Waals surface area contributed by atoms with Crippen molar-refractivity contribution in [2.75, 3.05) is 39.2 Å². The highest BCUT2D eigenvalue weighted by Crippen LogP contribution is 2.22. The van der Waals surface area contributed by atoms with Crippen molar-refractivity contribution in [2.24, 2.45) is 0 Å². The Labute approximate surface area is 118 Å². The number of pyridine rings is 1. The number of anilines is 1. The van der Waals surface area contributed by atoms with E-state index in [0.29, 0.717) is 44.0 Å². The zero-order valence-electron chi connectivity index (χ0n) is 11.9. The Morgan fingerprint density at radius 3 is 2.90 bits per heavy atom. The third kappa shape index (κ3) is 3.26. The van der Waals surface area contributed by atoms with E-state index in [0.717, 1.165) is 0 Å². The van der Waals surface area contributed by atoms with E-state index >= 15 is 0 Å². The monoisotopic (exact) mass is 279 g/mol. The molecule has 0 aliphatic carbocycles. The van der Waals surface area contributed by atoms with Crippen molar-refractivity contribution in [3.05, 3.63) is 23.9 Å². The number of rotatable bonds is 4. The number of nitrogens with one attached hydrogen (secondary N) is 1. The van der Waals surface area contributed by atoms with Gasteiger partial charge in [-0.3, -0.25) is 4.79 Å². The molecule has 2 heterocycles. The summed E-state index contributed by atoms with van der Waals surface area (Å²) in [6, 6.07) is 3.46. The molecule has 1 aliphatic heterocycles. The Morgan fingerprint density at radius 2 is 2.25 bits per heavy atom. The summed E-state index contributed by atoms with van der Waals surface area (Å²) >= 11 is 0. The third-order valence-electron chi connectivity index (χ3n) is 3.58. The summed E-state index contributed by atoms with van der Waals surface area (Å²) < 4.78 is 5.24. The lowest BCUT2D eigenvalue weighted by atomic mass is 9.94. The highest BCUT2D eigenvalue weighted by Gasteiger charge is 2.32. The first kappa shape index (κ1) is 14.7. The Morgan fingerprint density at radius 1 is 1.55 bits per heavy atom. The van der Waals surface area contributed by atoms with Gasteiger partial charge in [-0.2, -0.15) is 0 Å². The smallest absolute Gasteiger partial charge is 0.257 e. The fourth-order valence-corrected chi connectivity index (χ4v) is 2.41. The van der Waals surface area contributed by atoms with Gasteiger partial charge in [-0.1, -0.05) is 0 Å². The first-order valence-electron chi connectivity index (χ1n) is 6.74. The molecule has 1 aromatic rings. The minimum atomic E-state index is -0.856. The van der Waals surface area contributed by atoms with Gasteiger partial charge >= 0.3 is 0 Å². The van der Waals surface area contributed by atoms with Crippen LogP contribution in [0.3, 0.4) is 0 Å². The summed E-state index contributed by atoms with van der Waals surface area (Å²) in [6.45, 7) is 1.37. The predicted molar refractivity (Wildman–Crippen MR) is 75.7 cm³/mol. The molecule has 6 heteroatoms. The molecule has 0 saturated carbocycles. The minimum Gasteiger partial charge on any atom is -0.388 e. The molecule has 0 spiro atoms. The lowest BCUT2D eigenvalue weighted by Gasteiger charge is -2.35. The number of hydrogen-bond acceptors (Lipinski definition) is 5. The highest BCUT2D eigenvalue weighted by atomic mass is 16.5. The molecule has 0 bridgehead atoms. The summed E-state index contributed by atoms with van der Waals surface area (Å²) in [5.74, 6) is 0.394. The number of likely N-dealkylation sites (N-methyl/N-ethyl adjacent to an activating group) is 1. The number of amides is 1. The summed E-state index contributed by atoms with van der Waals surface area (Å²) in [5.41, 5.74) is -0.349. The predicted octanol–water partition coefficient (Wildman–Crippen LogP) is 0.737. The Kier molecular flexibility index (Phi) is 4.57. The number of aromatic nitrogens is 1. The number of carbonyl (C=O) groups is 1. The van der Waals surface area contributed by atoms with E-state index in [9.17, 15) is 9.90 Å². The molecule has 0 aromatic carbocycles. The first-order valence-corrected chi connectivity index (χ1v) is 6.74. The van der Waals surface area contributed by atoms with Gasteiger partial charge in [-0.15, -0.1) is 0 Å². The van der Waals surface area contributed by atoms with Crippen LogP contribution in [0, 0.1) is 0 Å².